The van der Waals surface area contributed by atoms with E-state index in [2.05, 4.69) is 4.98 Å². The van der Waals surface area contributed by atoms with Gasteiger partial charge in [0, 0.05) is 12.2 Å². The number of hydrogen-bond acceptors (Lipinski definition) is 3. The number of hydrogen-bond donors (Lipinski definition) is 1. The van der Waals surface area contributed by atoms with Crippen LogP contribution in [0.25, 0.3) is 0 Å². The van der Waals surface area contributed by atoms with Crippen molar-refractivity contribution < 1.29 is 9.90 Å². The SMILES string of the molecule is Cc1cccc(C(=O)N2CC[C@H](O)[C@@H]2Cc2ccccc2)n1. The summed E-state index contributed by atoms with van der Waals surface area (Å²) in [6.45, 7) is 2.45. The van der Waals surface area contributed by atoms with E-state index in [1.54, 1.807) is 11.0 Å². The highest BCUT2D eigenvalue weighted by Crippen LogP contribution is 2.23. The predicted octanol–water partition coefficient (Wildman–Crippen LogP) is 2.21. The number of carbonyl (C=O) groups is 1. The van der Waals surface area contributed by atoms with Crippen molar-refractivity contribution in [3.63, 3.8) is 0 Å². The zero-order valence-corrected chi connectivity index (χ0v) is 12.6. The Labute approximate surface area is 130 Å². The van der Waals surface area contributed by atoms with Crippen LogP contribution in [0.4, 0.5) is 0 Å². The molecule has 0 bridgehead atoms. The molecule has 2 heterocycles. The number of aryl methyl sites for hydroxylation is 1. The van der Waals surface area contributed by atoms with Gasteiger partial charge in [0.2, 0.25) is 0 Å². The van der Waals surface area contributed by atoms with Gasteiger partial charge in [0.15, 0.2) is 0 Å². The summed E-state index contributed by atoms with van der Waals surface area (Å²) in [5.41, 5.74) is 2.40. The molecular formula is C18H20N2O2. The Morgan fingerprint density at radius 2 is 2.00 bits per heavy atom. The number of rotatable bonds is 3. The summed E-state index contributed by atoms with van der Waals surface area (Å²) in [6.07, 6.45) is 0.809. The van der Waals surface area contributed by atoms with Crippen LogP contribution < -0.4 is 0 Å². The first kappa shape index (κ1) is 14.7. The molecular weight excluding hydrogens is 276 g/mol. The van der Waals surface area contributed by atoms with Crippen molar-refractivity contribution in [1.29, 1.82) is 0 Å². The molecule has 1 aromatic carbocycles. The molecule has 0 aliphatic carbocycles. The topological polar surface area (TPSA) is 53.4 Å². The molecule has 114 valence electrons. The van der Waals surface area contributed by atoms with Gasteiger partial charge in [-0.05, 0) is 37.5 Å². The van der Waals surface area contributed by atoms with Gasteiger partial charge < -0.3 is 10.0 Å². The van der Waals surface area contributed by atoms with E-state index in [1.165, 1.54) is 0 Å². The summed E-state index contributed by atoms with van der Waals surface area (Å²) < 4.78 is 0. The van der Waals surface area contributed by atoms with E-state index in [-0.39, 0.29) is 11.9 Å². The van der Waals surface area contributed by atoms with E-state index in [1.807, 2.05) is 49.4 Å². The van der Waals surface area contributed by atoms with Crippen molar-refractivity contribution in [3.8, 4) is 0 Å². The van der Waals surface area contributed by atoms with Crippen LogP contribution in [0.2, 0.25) is 0 Å². The number of aliphatic hydroxyl groups excluding tert-OH is 1. The van der Waals surface area contributed by atoms with Crippen molar-refractivity contribution >= 4 is 5.91 Å². The molecule has 1 aliphatic rings. The summed E-state index contributed by atoms with van der Waals surface area (Å²) in [4.78, 5) is 18.8. The molecule has 0 unspecified atom stereocenters. The van der Waals surface area contributed by atoms with Crippen molar-refractivity contribution in [2.24, 2.45) is 0 Å². The number of aromatic nitrogens is 1. The molecule has 2 aromatic rings. The van der Waals surface area contributed by atoms with E-state index in [0.717, 1.165) is 11.3 Å². The maximum Gasteiger partial charge on any atom is 0.272 e. The Morgan fingerprint density at radius 1 is 1.23 bits per heavy atom. The second kappa shape index (κ2) is 6.28. The van der Waals surface area contributed by atoms with E-state index in [9.17, 15) is 9.90 Å². The first-order valence-electron chi connectivity index (χ1n) is 7.62. The van der Waals surface area contributed by atoms with Crippen LogP contribution in [0.15, 0.2) is 48.5 Å². The maximum atomic E-state index is 12.7. The zero-order valence-electron chi connectivity index (χ0n) is 12.6. The van der Waals surface area contributed by atoms with Crippen molar-refractivity contribution in [2.75, 3.05) is 6.54 Å². The number of pyridine rings is 1. The van der Waals surface area contributed by atoms with Gasteiger partial charge in [-0.15, -0.1) is 0 Å². The van der Waals surface area contributed by atoms with Gasteiger partial charge in [-0.1, -0.05) is 36.4 Å². The van der Waals surface area contributed by atoms with Gasteiger partial charge >= 0.3 is 0 Å². The summed E-state index contributed by atoms with van der Waals surface area (Å²) in [6, 6.07) is 15.2. The number of likely N-dealkylation sites (tertiary alicyclic amines) is 1. The molecule has 22 heavy (non-hydrogen) atoms. The third-order valence-corrected chi connectivity index (χ3v) is 4.17. The van der Waals surface area contributed by atoms with E-state index >= 15 is 0 Å². The largest absolute Gasteiger partial charge is 0.391 e. The Morgan fingerprint density at radius 3 is 2.73 bits per heavy atom. The van der Waals surface area contributed by atoms with Crippen LogP contribution in [0.5, 0.6) is 0 Å². The van der Waals surface area contributed by atoms with E-state index < -0.39 is 6.10 Å². The van der Waals surface area contributed by atoms with E-state index in [4.69, 9.17) is 0 Å². The lowest BCUT2D eigenvalue weighted by Gasteiger charge is -2.26. The first-order valence-corrected chi connectivity index (χ1v) is 7.62. The molecule has 0 saturated carbocycles. The molecule has 1 aromatic heterocycles. The van der Waals surface area contributed by atoms with Crippen LogP contribution in [0.3, 0.4) is 0 Å². The second-order valence-electron chi connectivity index (χ2n) is 5.78. The number of amides is 1. The molecule has 1 fully saturated rings. The standard InChI is InChI=1S/C18H20N2O2/c1-13-6-5-9-15(19-13)18(22)20-11-10-17(21)16(20)12-14-7-3-2-4-8-14/h2-9,16-17,21H,10-12H2,1H3/t16-,17-/m0/s1. The summed E-state index contributed by atoms with van der Waals surface area (Å²) in [7, 11) is 0. The molecule has 0 spiro atoms. The molecule has 0 radical (unpaired) electrons. The number of benzene rings is 1. The van der Waals surface area contributed by atoms with Crippen molar-refractivity contribution in [3.05, 3.63) is 65.5 Å². The lowest BCUT2D eigenvalue weighted by Crippen LogP contribution is -2.41. The van der Waals surface area contributed by atoms with Gasteiger partial charge in [-0.25, -0.2) is 4.98 Å². The quantitative estimate of drug-likeness (QED) is 0.945. The number of carbonyl (C=O) groups excluding carboxylic acids is 1. The monoisotopic (exact) mass is 296 g/mol. The van der Waals surface area contributed by atoms with Gasteiger partial charge in [0.1, 0.15) is 5.69 Å². The number of nitrogens with zero attached hydrogens (tertiary/aromatic N) is 2. The van der Waals surface area contributed by atoms with Gasteiger partial charge in [-0.2, -0.15) is 0 Å². The lowest BCUT2D eigenvalue weighted by molar-refractivity contribution is 0.0634. The fourth-order valence-electron chi connectivity index (χ4n) is 3.00. The second-order valence-corrected chi connectivity index (χ2v) is 5.78. The normalized spacial score (nSPS) is 21.1. The Bertz CT molecular complexity index is 657. The summed E-state index contributed by atoms with van der Waals surface area (Å²) >= 11 is 0. The molecule has 4 heteroatoms. The maximum absolute atomic E-state index is 12.7. The Balaban J connectivity index is 1.81. The zero-order chi connectivity index (χ0) is 15.5. The van der Waals surface area contributed by atoms with Gasteiger partial charge in [0.25, 0.3) is 5.91 Å². The molecule has 1 aliphatic heterocycles. The average molecular weight is 296 g/mol. The third kappa shape index (κ3) is 3.02. The minimum atomic E-state index is -0.478. The van der Waals surface area contributed by atoms with E-state index in [0.29, 0.717) is 25.1 Å². The first-order chi connectivity index (χ1) is 10.6. The van der Waals surface area contributed by atoms with Crippen molar-refractivity contribution in [2.45, 2.75) is 31.9 Å². The highest BCUT2D eigenvalue weighted by Gasteiger charge is 2.36. The fraction of sp³-hybridized carbons (Fsp3) is 0.333. The van der Waals surface area contributed by atoms with Gasteiger partial charge in [-0.3, -0.25) is 4.79 Å². The third-order valence-electron chi connectivity index (χ3n) is 4.17. The highest BCUT2D eigenvalue weighted by atomic mass is 16.3. The molecule has 1 amide bonds. The molecule has 1 N–H and O–H groups in total. The van der Waals surface area contributed by atoms with Crippen LogP contribution in [-0.4, -0.2) is 39.6 Å². The Hall–Kier alpha value is -2.20. The molecule has 1 saturated heterocycles. The van der Waals surface area contributed by atoms with Crippen molar-refractivity contribution in [1.82, 2.24) is 9.88 Å². The lowest BCUT2D eigenvalue weighted by atomic mass is 10.0. The molecule has 3 rings (SSSR count). The molecule has 4 nitrogen and oxygen atoms in total. The average Bonchev–Trinajstić information content (AvgIpc) is 2.89. The number of aliphatic hydroxyl groups is 1. The van der Waals surface area contributed by atoms with Crippen LogP contribution in [-0.2, 0) is 6.42 Å². The summed E-state index contributed by atoms with van der Waals surface area (Å²) in [5, 5.41) is 10.3. The van der Waals surface area contributed by atoms with Crippen LogP contribution in [0.1, 0.15) is 28.2 Å². The predicted molar refractivity (Wildman–Crippen MR) is 84.6 cm³/mol. The van der Waals surface area contributed by atoms with Crippen LogP contribution in [0, 0.1) is 6.92 Å². The fourth-order valence-corrected chi connectivity index (χ4v) is 3.00. The smallest absolute Gasteiger partial charge is 0.272 e. The minimum Gasteiger partial charge on any atom is -0.391 e. The molecule has 2 atom stereocenters. The summed E-state index contributed by atoms with van der Waals surface area (Å²) in [5.74, 6) is -0.0961. The van der Waals surface area contributed by atoms with Crippen LogP contribution >= 0.6 is 0 Å². The minimum absolute atomic E-state index is 0.0961. The van der Waals surface area contributed by atoms with Gasteiger partial charge in [0.05, 0.1) is 12.1 Å². The highest BCUT2D eigenvalue weighted by molar-refractivity contribution is 5.92. The Kier molecular flexibility index (Phi) is 4.20.